The molecule has 1 saturated heterocycles. The summed E-state index contributed by atoms with van der Waals surface area (Å²) in [6.07, 6.45) is -3.43. The third-order valence-electron chi connectivity index (χ3n) is 6.54. The number of amides is 1. The number of carbonyl (C=O) groups excluding carboxylic acids is 1. The molecule has 1 aromatic heterocycles. The Morgan fingerprint density at radius 3 is 2.48 bits per heavy atom. The van der Waals surface area contributed by atoms with Crippen LogP contribution in [0, 0.1) is 11.6 Å². The molecule has 8 nitrogen and oxygen atoms in total. The highest BCUT2D eigenvalue weighted by Gasteiger charge is 2.32. The summed E-state index contributed by atoms with van der Waals surface area (Å²) in [6.45, 7) is 5.79. The summed E-state index contributed by atoms with van der Waals surface area (Å²) in [4.78, 5) is 18.4. The molecule has 0 aliphatic carbocycles. The summed E-state index contributed by atoms with van der Waals surface area (Å²) in [6, 6.07) is 14.2. The average molecular weight is 629 g/mol. The minimum Gasteiger partial charge on any atom is -0.406 e. The fourth-order valence-electron chi connectivity index (χ4n) is 4.51. The van der Waals surface area contributed by atoms with Crippen LogP contribution in [0.1, 0.15) is 43.6 Å². The number of para-hydroxylation sites is 1. The third kappa shape index (κ3) is 6.64. The second-order valence-corrected chi connectivity index (χ2v) is 10.8. The van der Waals surface area contributed by atoms with Crippen molar-refractivity contribution in [2.24, 2.45) is 10.2 Å². The smallest absolute Gasteiger partial charge is 0.406 e. The molecule has 44 heavy (non-hydrogen) atoms. The molecule has 0 spiro atoms. The molecule has 1 aliphatic rings. The summed E-state index contributed by atoms with van der Waals surface area (Å²) < 4.78 is 73.1. The predicted octanol–water partition coefficient (Wildman–Crippen LogP) is 7.27. The molecule has 0 saturated carbocycles. The van der Waals surface area contributed by atoms with Crippen LogP contribution in [0.4, 0.5) is 27.6 Å². The Kier molecular flexibility index (Phi) is 8.81. The van der Waals surface area contributed by atoms with Crippen molar-refractivity contribution in [1.82, 2.24) is 14.8 Å². The number of halogens is 5. The number of anilines is 1. The molecule has 0 radical (unpaired) electrons. The molecule has 14 heteroatoms. The fourth-order valence-corrected chi connectivity index (χ4v) is 5.32. The van der Waals surface area contributed by atoms with Gasteiger partial charge in [0.2, 0.25) is 5.91 Å². The molecule has 1 aliphatic heterocycles. The maximum Gasteiger partial charge on any atom is 0.573 e. The van der Waals surface area contributed by atoms with Gasteiger partial charge in [0, 0.05) is 12.0 Å². The zero-order chi connectivity index (χ0) is 31.6. The van der Waals surface area contributed by atoms with Crippen LogP contribution < -0.4 is 9.64 Å². The van der Waals surface area contributed by atoms with E-state index in [9.17, 15) is 18.0 Å². The lowest BCUT2D eigenvalue weighted by Gasteiger charge is -2.20. The average Bonchev–Trinajstić information content (AvgIpc) is 3.57. The van der Waals surface area contributed by atoms with Crippen LogP contribution in [0.5, 0.6) is 5.75 Å². The molecule has 2 heterocycles. The number of rotatable bonds is 8. The van der Waals surface area contributed by atoms with Crippen LogP contribution in [0.25, 0.3) is 17.1 Å². The zero-order valence-corrected chi connectivity index (χ0v) is 24.5. The van der Waals surface area contributed by atoms with E-state index in [1.54, 1.807) is 6.92 Å². The van der Waals surface area contributed by atoms with E-state index in [4.69, 9.17) is 0 Å². The van der Waals surface area contributed by atoms with Crippen LogP contribution in [0.3, 0.4) is 0 Å². The van der Waals surface area contributed by atoms with Gasteiger partial charge in [-0.25, -0.2) is 18.4 Å². The van der Waals surface area contributed by atoms with E-state index in [1.807, 2.05) is 38.1 Å². The Morgan fingerprint density at radius 1 is 1.07 bits per heavy atom. The molecular weight excluding hydrogens is 603 g/mol. The van der Waals surface area contributed by atoms with Crippen LogP contribution in [-0.2, 0) is 11.2 Å². The maximum absolute atomic E-state index is 15.2. The Labute approximate surface area is 253 Å². The fraction of sp³-hybridized carbons (Fsp3) is 0.233. The highest BCUT2D eigenvalue weighted by Crippen LogP contribution is 2.33. The highest BCUT2D eigenvalue weighted by molar-refractivity contribution is 8.15. The van der Waals surface area contributed by atoms with Crippen molar-refractivity contribution >= 4 is 34.7 Å². The first-order valence-corrected chi connectivity index (χ1v) is 14.4. The number of nitrogens with zero attached hydrogens (tertiary/aromatic N) is 6. The van der Waals surface area contributed by atoms with Crippen molar-refractivity contribution < 1.29 is 31.5 Å². The molecule has 1 amide bonds. The van der Waals surface area contributed by atoms with E-state index in [2.05, 4.69) is 25.0 Å². The monoisotopic (exact) mass is 628 g/mol. The van der Waals surface area contributed by atoms with Gasteiger partial charge in [-0.05, 0) is 53.9 Å². The number of aromatic nitrogens is 3. The second-order valence-electron chi connectivity index (χ2n) is 9.87. The minimum absolute atomic E-state index is 0.113. The van der Waals surface area contributed by atoms with E-state index in [0.29, 0.717) is 28.8 Å². The SMILES string of the molecule is CCc1nc(-c2cc(F)c(C=NN=C3SCC(=O)N3c3ccccc3C(C)C)cc2F)nn1-c1ccc(OC(F)(F)F)cc1. The summed E-state index contributed by atoms with van der Waals surface area (Å²) >= 11 is 1.19. The molecule has 0 N–H and O–H groups in total. The third-order valence-corrected chi connectivity index (χ3v) is 7.45. The summed E-state index contributed by atoms with van der Waals surface area (Å²) in [5.74, 6) is -1.64. The Hall–Kier alpha value is -4.59. The molecule has 4 aromatic rings. The minimum atomic E-state index is -4.84. The molecule has 0 atom stereocenters. The summed E-state index contributed by atoms with van der Waals surface area (Å²) in [5, 5.41) is 12.7. The van der Waals surface area contributed by atoms with Crippen LogP contribution in [0.15, 0.2) is 70.9 Å². The van der Waals surface area contributed by atoms with Gasteiger partial charge in [0.05, 0.1) is 28.9 Å². The van der Waals surface area contributed by atoms with Gasteiger partial charge in [-0.2, -0.15) is 5.10 Å². The standard InChI is InChI=1S/C30H25F5N6O2S/c1-4-26-37-28(39-41(26)19-9-11-20(12-10-19)43-30(33,34)35)22-14-23(31)18(13-24(22)32)15-36-38-29-40(27(42)16-44-29)25-8-6-5-7-21(25)17(2)3/h5-15,17H,4,16H2,1-3H3. The lowest BCUT2D eigenvalue weighted by molar-refractivity contribution is -0.274. The van der Waals surface area contributed by atoms with Gasteiger partial charge in [0.1, 0.15) is 23.2 Å². The molecule has 0 bridgehead atoms. The van der Waals surface area contributed by atoms with Crippen molar-refractivity contribution in [3.8, 4) is 22.8 Å². The van der Waals surface area contributed by atoms with E-state index in [0.717, 1.165) is 36.0 Å². The van der Waals surface area contributed by atoms with E-state index < -0.39 is 23.7 Å². The van der Waals surface area contributed by atoms with E-state index >= 15 is 8.78 Å². The van der Waals surface area contributed by atoms with Gasteiger partial charge in [-0.15, -0.1) is 23.4 Å². The number of amidine groups is 1. The zero-order valence-electron chi connectivity index (χ0n) is 23.6. The summed E-state index contributed by atoms with van der Waals surface area (Å²) in [7, 11) is 0. The van der Waals surface area contributed by atoms with Crippen LogP contribution >= 0.6 is 11.8 Å². The van der Waals surface area contributed by atoms with Crippen LogP contribution in [0.2, 0.25) is 0 Å². The number of alkyl halides is 3. The Bertz CT molecular complexity index is 1750. The van der Waals surface area contributed by atoms with Gasteiger partial charge < -0.3 is 4.74 Å². The number of thioether (sulfide) groups is 1. The molecule has 3 aromatic carbocycles. The van der Waals surface area contributed by atoms with Gasteiger partial charge in [0.25, 0.3) is 0 Å². The van der Waals surface area contributed by atoms with Crippen LogP contribution in [-0.4, -0.2) is 44.2 Å². The maximum atomic E-state index is 15.2. The van der Waals surface area contributed by atoms with Gasteiger partial charge in [-0.3, -0.25) is 9.69 Å². The van der Waals surface area contributed by atoms with Crippen molar-refractivity contribution in [1.29, 1.82) is 0 Å². The number of ether oxygens (including phenoxy) is 1. The van der Waals surface area contributed by atoms with Crippen molar-refractivity contribution in [3.05, 3.63) is 89.2 Å². The number of hydrogen-bond donors (Lipinski definition) is 0. The van der Waals surface area contributed by atoms with E-state index in [1.165, 1.54) is 33.5 Å². The lowest BCUT2D eigenvalue weighted by Crippen LogP contribution is -2.30. The van der Waals surface area contributed by atoms with Gasteiger partial charge in [-0.1, -0.05) is 50.7 Å². The van der Waals surface area contributed by atoms with Crippen molar-refractivity contribution in [2.75, 3.05) is 10.7 Å². The predicted molar refractivity (Wildman–Crippen MR) is 158 cm³/mol. The number of hydrogen-bond acceptors (Lipinski definition) is 7. The topological polar surface area (TPSA) is 85.0 Å². The molecule has 1 fully saturated rings. The first-order chi connectivity index (χ1) is 20.9. The Morgan fingerprint density at radius 2 is 1.80 bits per heavy atom. The first kappa shape index (κ1) is 30.9. The number of aryl methyl sites for hydroxylation is 1. The number of carbonyl (C=O) groups is 1. The molecule has 228 valence electrons. The van der Waals surface area contributed by atoms with Crippen molar-refractivity contribution in [3.63, 3.8) is 0 Å². The Balaban J connectivity index is 1.39. The second kappa shape index (κ2) is 12.6. The number of benzene rings is 3. The largest absolute Gasteiger partial charge is 0.573 e. The van der Waals surface area contributed by atoms with E-state index in [-0.39, 0.29) is 34.5 Å². The molecular formula is C30H25F5N6O2S. The molecule has 5 rings (SSSR count). The summed E-state index contributed by atoms with van der Waals surface area (Å²) in [5.41, 5.74) is 1.60. The first-order valence-electron chi connectivity index (χ1n) is 13.4. The van der Waals surface area contributed by atoms with Gasteiger partial charge in [0.15, 0.2) is 11.0 Å². The molecule has 0 unspecified atom stereocenters. The van der Waals surface area contributed by atoms with Crippen molar-refractivity contribution in [2.45, 2.75) is 39.5 Å². The lowest BCUT2D eigenvalue weighted by atomic mass is 10.0. The normalized spacial score (nSPS) is 14.9. The quantitative estimate of drug-likeness (QED) is 0.116. The van der Waals surface area contributed by atoms with Gasteiger partial charge >= 0.3 is 6.36 Å². The highest BCUT2D eigenvalue weighted by atomic mass is 32.2.